The van der Waals surface area contributed by atoms with Crippen molar-refractivity contribution in [2.24, 2.45) is 0 Å². The van der Waals surface area contributed by atoms with Crippen LogP contribution < -0.4 is 0 Å². The molecular formula is C17H19N5S. The fourth-order valence-electron chi connectivity index (χ4n) is 3.21. The monoisotopic (exact) mass is 325 g/mol. The topological polar surface area (TPSA) is 57.7 Å². The number of imidazole rings is 1. The van der Waals surface area contributed by atoms with E-state index in [-0.39, 0.29) is 6.04 Å². The Morgan fingerprint density at radius 3 is 3.09 bits per heavy atom. The molecule has 1 N–H and O–H groups in total. The lowest BCUT2D eigenvalue weighted by Gasteiger charge is -2.34. The van der Waals surface area contributed by atoms with Crippen molar-refractivity contribution in [2.45, 2.75) is 25.8 Å². The third kappa shape index (κ3) is 2.92. The van der Waals surface area contributed by atoms with Gasteiger partial charge in [-0.05, 0) is 19.1 Å². The first-order valence-corrected chi connectivity index (χ1v) is 8.77. The van der Waals surface area contributed by atoms with Crippen LogP contribution in [0.5, 0.6) is 0 Å². The summed E-state index contributed by atoms with van der Waals surface area (Å²) in [6.45, 7) is 4.04. The first-order valence-electron chi connectivity index (χ1n) is 7.89. The quantitative estimate of drug-likeness (QED) is 0.801. The van der Waals surface area contributed by atoms with Crippen molar-refractivity contribution in [3.63, 3.8) is 0 Å². The molecule has 0 spiro atoms. The molecule has 0 saturated carbocycles. The highest BCUT2D eigenvalue weighted by Gasteiger charge is 2.31. The smallest absolute Gasteiger partial charge is 0.0968 e. The van der Waals surface area contributed by atoms with Gasteiger partial charge in [-0.15, -0.1) is 11.3 Å². The van der Waals surface area contributed by atoms with E-state index in [4.69, 9.17) is 0 Å². The molecule has 4 rings (SSSR count). The van der Waals surface area contributed by atoms with Crippen molar-refractivity contribution in [1.82, 2.24) is 24.8 Å². The lowest BCUT2D eigenvalue weighted by Crippen LogP contribution is -2.38. The van der Waals surface area contributed by atoms with Gasteiger partial charge in [0.25, 0.3) is 0 Å². The van der Waals surface area contributed by atoms with Crippen molar-refractivity contribution >= 4 is 11.3 Å². The summed E-state index contributed by atoms with van der Waals surface area (Å²) < 4.78 is 0. The summed E-state index contributed by atoms with van der Waals surface area (Å²) in [6.07, 6.45) is 5.63. The summed E-state index contributed by atoms with van der Waals surface area (Å²) in [7, 11) is 0. The van der Waals surface area contributed by atoms with Gasteiger partial charge in [0.2, 0.25) is 0 Å². The van der Waals surface area contributed by atoms with Crippen LogP contribution >= 0.6 is 11.3 Å². The van der Waals surface area contributed by atoms with Crippen molar-refractivity contribution in [2.75, 3.05) is 13.1 Å². The van der Waals surface area contributed by atoms with Crippen LogP contribution in [-0.4, -0.2) is 37.9 Å². The summed E-state index contributed by atoms with van der Waals surface area (Å²) in [5, 5.41) is 3.30. The van der Waals surface area contributed by atoms with E-state index < -0.39 is 0 Å². The number of thiazole rings is 1. The number of aromatic amines is 1. The van der Waals surface area contributed by atoms with Gasteiger partial charge < -0.3 is 4.98 Å². The molecule has 118 valence electrons. The van der Waals surface area contributed by atoms with Gasteiger partial charge in [0.15, 0.2) is 0 Å². The number of nitrogens with one attached hydrogen (secondary N) is 1. The minimum atomic E-state index is 0.130. The molecule has 5 nitrogen and oxygen atoms in total. The molecular weight excluding hydrogens is 306 g/mol. The maximum absolute atomic E-state index is 4.58. The molecule has 0 unspecified atom stereocenters. The summed E-state index contributed by atoms with van der Waals surface area (Å²) >= 11 is 1.72. The molecule has 1 aliphatic heterocycles. The molecule has 4 heterocycles. The largest absolute Gasteiger partial charge is 0.348 e. The summed E-state index contributed by atoms with van der Waals surface area (Å²) in [4.78, 5) is 19.5. The van der Waals surface area contributed by atoms with Crippen molar-refractivity contribution < 1.29 is 0 Å². The van der Waals surface area contributed by atoms with Crippen LogP contribution in [0.15, 0.2) is 36.1 Å². The normalized spacial score (nSPS) is 18.0. The van der Waals surface area contributed by atoms with E-state index >= 15 is 0 Å². The number of nitrogens with zero attached hydrogens (tertiary/aromatic N) is 4. The van der Waals surface area contributed by atoms with Crippen LogP contribution in [0.2, 0.25) is 0 Å². The van der Waals surface area contributed by atoms with Crippen molar-refractivity contribution in [3.8, 4) is 0 Å². The standard InChI is InChI=1S/C17H19N5S/c1-12-21-13(10-23-12)5-8-22-9-6-14-16(20-11-19-14)17(22)15-4-2-3-7-18-15/h2-4,7,10-11,17H,5-6,8-9H2,1H3,(H,19,20)/t17-/m0/s1. The molecule has 0 fully saturated rings. The van der Waals surface area contributed by atoms with Gasteiger partial charge in [0.1, 0.15) is 0 Å². The molecule has 0 radical (unpaired) electrons. The molecule has 0 bridgehead atoms. The Hall–Kier alpha value is -2.05. The van der Waals surface area contributed by atoms with Crippen LogP contribution in [0.25, 0.3) is 0 Å². The van der Waals surface area contributed by atoms with Gasteiger partial charge in [0, 0.05) is 43.2 Å². The maximum atomic E-state index is 4.58. The molecule has 3 aromatic heterocycles. The molecule has 0 saturated heterocycles. The Labute approximate surface area is 139 Å². The first kappa shape index (κ1) is 14.5. The average Bonchev–Trinajstić information content (AvgIpc) is 3.21. The minimum absolute atomic E-state index is 0.130. The number of aromatic nitrogens is 4. The number of aryl methyl sites for hydroxylation is 1. The number of pyridine rings is 1. The van der Waals surface area contributed by atoms with E-state index in [1.807, 2.05) is 18.3 Å². The highest BCUT2D eigenvalue weighted by molar-refractivity contribution is 7.09. The summed E-state index contributed by atoms with van der Waals surface area (Å²) in [5.74, 6) is 0. The number of hydrogen-bond donors (Lipinski definition) is 1. The van der Waals surface area contributed by atoms with E-state index in [0.717, 1.165) is 42.3 Å². The predicted molar refractivity (Wildman–Crippen MR) is 90.5 cm³/mol. The van der Waals surface area contributed by atoms with Gasteiger partial charge >= 0.3 is 0 Å². The molecule has 23 heavy (non-hydrogen) atoms. The molecule has 6 heteroatoms. The molecule has 3 aromatic rings. The van der Waals surface area contributed by atoms with Crippen LogP contribution in [-0.2, 0) is 12.8 Å². The summed E-state index contributed by atoms with van der Waals surface area (Å²) in [6, 6.07) is 6.23. The van der Waals surface area contributed by atoms with Crippen molar-refractivity contribution in [1.29, 1.82) is 0 Å². The van der Waals surface area contributed by atoms with E-state index in [9.17, 15) is 0 Å². The third-order valence-electron chi connectivity index (χ3n) is 4.31. The Kier molecular flexibility index (Phi) is 3.93. The SMILES string of the molecule is Cc1nc(CCN2CCc3[nH]cnc3[C@@H]2c2ccccn2)cs1. The Balaban J connectivity index is 1.60. The van der Waals surface area contributed by atoms with E-state index in [0.29, 0.717) is 0 Å². The molecule has 1 atom stereocenters. The zero-order valence-corrected chi connectivity index (χ0v) is 13.9. The highest BCUT2D eigenvalue weighted by atomic mass is 32.1. The number of rotatable bonds is 4. The van der Waals surface area contributed by atoms with Gasteiger partial charge in [-0.3, -0.25) is 9.88 Å². The van der Waals surface area contributed by atoms with E-state index in [2.05, 4.69) is 43.2 Å². The molecule has 0 amide bonds. The van der Waals surface area contributed by atoms with Gasteiger partial charge in [-0.1, -0.05) is 6.07 Å². The zero-order chi connectivity index (χ0) is 15.6. The summed E-state index contributed by atoms with van der Waals surface area (Å²) in [5.41, 5.74) is 4.60. The van der Waals surface area contributed by atoms with Gasteiger partial charge in [0.05, 0.1) is 34.5 Å². The highest BCUT2D eigenvalue weighted by Crippen LogP contribution is 2.32. The third-order valence-corrected chi connectivity index (χ3v) is 5.14. The fraction of sp³-hybridized carbons (Fsp3) is 0.353. The van der Waals surface area contributed by atoms with Gasteiger partial charge in [-0.2, -0.15) is 0 Å². The first-order chi connectivity index (χ1) is 11.3. The maximum Gasteiger partial charge on any atom is 0.0968 e. The number of hydrogen-bond acceptors (Lipinski definition) is 5. The second kappa shape index (κ2) is 6.22. The lowest BCUT2D eigenvalue weighted by molar-refractivity contribution is 0.208. The zero-order valence-electron chi connectivity index (χ0n) is 13.1. The van der Waals surface area contributed by atoms with Crippen LogP contribution in [0.4, 0.5) is 0 Å². The second-order valence-corrected chi connectivity index (χ2v) is 6.88. The Bertz CT molecular complexity index is 779. The van der Waals surface area contributed by atoms with E-state index in [1.54, 1.807) is 17.7 Å². The Morgan fingerprint density at radius 2 is 2.30 bits per heavy atom. The second-order valence-electron chi connectivity index (χ2n) is 5.82. The van der Waals surface area contributed by atoms with E-state index in [1.165, 1.54) is 11.4 Å². The predicted octanol–water partition coefficient (Wildman–Crippen LogP) is 2.76. The average molecular weight is 325 g/mol. The molecule has 0 aromatic carbocycles. The van der Waals surface area contributed by atoms with Crippen LogP contribution in [0.3, 0.4) is 0 Å². The molecule has 1 aliphatic rings. The lowest BCUT2D eigenvalue weighted by atomic mass is 9.99. The fourth-order valence-corrected chi connectivity index (χ4v) is 3.86. The van der Waals surface area contributed by atoms with Gasteiger partial charge in [-0.25, -0.2) is 9.97 Å². The van der Waals surface area contributed by atoms with Crippen molar-refractivity contribution in [3.05, 3.63) is 63.9 Å². The number of H-pyrrole nitrogens is 1. The Morgan fingerprint density at radius 1 is 1.35 bits per heavy atom. The minimum Gasteiger partial charge on any atom is -0.348 e. The van der Waals surface area contributed by atoms with Crippen LogP contribution in [0, 0.1) is 6.92 Å². The number of fused-ring (bicyclic) bond motifs is 1. The van der Waals surface area contributed by atoms with Crippen LogP contribution in [0.1, 0.15) is 33.8 Å². The molecule has 0 aliphatic carbocycles.